The molecule has 19 heavy (non-hydrogen) atoms. The summed E-state index contributed by atoms with van der Waals surface area (Å²) in [5, 5.41) is 10.6. The van der Waals surface area contributed by atoms with Crippen LogP contribution in [0.4, 0.5) is 11.4 Å². The van der Waals surface area contributed by atoms with Crippen molar-refractivity contribution in [1.29, 1.82) is 0 Å². The molecule has 1 heterocycles. The molecule has 0 atom stereocenters. The number of benzene rings is 1. The third-order valence-corrected chi connectivity index (χ3v) is 3.22. The van der Waals surface area contributed by atoms with Crippen molar-refractivity contribution in [3.63, 3.8) is 0 Å². The smallest absolute Gasteiger partial charge is 0.277 e. The average Bonchev–Trinajstić information content (AvgIpc) is 2.77. The van der Waals surface area contributed by atoms with Gasteiger partial charge in [0.15, 0.2) is 0 Å². The van der Waals surface area contributed by atoms with E-state index in [1.165, 1.54) is 11.8 Å². The summed E-state index contributed by atoms with van der Waals surface area (Å²) in [4.78, 5) is 11.7. The molecule has 0 aliphatic carbocycles. The van der Waals surface area contributed by atoms with Crippen molar-refractivity contribution in [1.82, 2.24) is 10.2 Å². The van der Waals surface area contributed by atoms with Crippen molar-refractivity contribution < 1.29 is 9.21 Å². The first-order valence-electron chi connectivity index (χ1n) is 5.63. The molecule has 6 nitrogen and oxygen atoms in total. The topological polar surface area (TPSA) is 94.0 Å². The van der Waals surface area contributed by atoms with Gasteiger partial charge in [-0.05, 0) is 24.6 Å². The van der Waals surface area contributed by atoms with Crippen LogP contribution in [0, 0.1) is 13.8 Å². The molecule has 2 aromatic rings. The second-order valence-electron chi connectivity index (χ2n) is 4.00. The van der Waals surface area contributed by atoms with Gasteiger partial charge in [-0.25, -0.2) is 0 Å². The zero-order valence-electron chi connectivity index (χ0n) is 10.6. The Morgan fingerprint density at radius 2 is 2.21 bits per heavy atom. The van der Waals surface area contributed by atoms with E-state index in [9.17, 15) is 4.79 Å². The van der Waals surface area contributed by atoms with Crippen LogP contribution in [-0.4, -0.2) is 21.9 Å². The number of thioether (sulfide) groups is 1. The number of rotatable bonds is 4. The molecule has 0 aliphatic heterocycles. The second-order valence-corrected chi connectivity index (χ2v) is 4.92. The second kappa shape index (κ2) is 5.75. The molecule has 0 saturated heterocycles. The Morgan fingerprint density at radius 1 is 1.42 bits per heavy atom. The van der Waals surface area contributed by atoms with Gasteiger partial charge >= 0.3 is 0 Å². The molecule has 2 rings (SSSR count). The Morgan fingerprint density at radius 3 is 2.84 bits per heavy atom. The van der Waals surface area contributed by atoms with Crippen molar-refractivity contribution in [3.8, 4) is 0 Å². The third-order valence-electron chi connectivity index (χ3n) is 2.40. The number of nitrogens with two attached hydrogens (primary N) is 1. The van der Waals surface area contributed by atoms with Crippen molar-refractivity contribution in [2.75, 3.05) is 16.8 Å². The Hall–Kier alpha value is -2.02. The van der Waals surface area contributed by atoms with E-state index in [-0.39, 0.29) is 11.7 Å². The molecule has 0 unspecified atom stereocenters. The number of amides is 1. The zero-order chi connectivity index (χ0) is 13.8. The van der Waals surface area contributed by atoms with Gasteiger partial charge < -0.3 is 15.5 Å². The molecule has 0 spiro atoms. The van der Waals surface area contributed by atoms with Gasteiger partial charge in [0.1, 0.15) is 0 Å². The van der Waals surface area contributed by atoms with Gasteiger partial charge in [-0.15, -0.1) is 10.2 Å². The van der Waals surface area contributed by atoms with Crippen LogP contribution in [0.25, 0.3) is 0 Å². The fourth-order valence-corrected chi connectivity index (χ4v) is 1.98. The molecular formula is C12H14N4O2S. The van der Waals surface area contributed by atoms with E-state index < -0.39 is 0 Å². The summed E-state index contributed by atoms with van der Waals surface area (Å²) in [5.41, 5.74) is 8.08. The first kappa shape index (κ1) is 13.4. The summed E-state index contributed by atoms with van der Waals surface area (Å²) in [7, 11) is 0. The van der Waals surface area contributed by atoms with Gasteiger partial charge in [0, 0.05) is 18.3 Å². The van der Waals surface area contributed by atoms with Crippen LogP contribution in [0.3, 0.4) is 0 Å². The lowest BCUT2D eigenvalue weighted by Gasteiger charge is -2.06. The lowest BCUT2D eigenvalue weighted by Crippen LogP contribution is -2.14. The summed E-state index contributed by atoms with van der Waals surface area (Å²) >= 11 is 1.19. The highest BCUT2D eigenvalue weighted by Crippen LogP contribution is 2.19. The number of hydrogen-bond donors (Lipinski definition) is 2. The predicted octanol–water partition coefficient (Wildman–Crippen LogP) is 2.00. The van der Waals surface area contributed by atoms with Crippen LogP contribution in [0.1, 0.15) is 11.5 Å². The minimum absolute atomic E-state index is 0.149. The largest absolute Gasteiger partial charge is 0.416 e. The highest BCUT2D eigenvalue weighted by atomic mass is 32.2. The van der Waals surface area contributed by atoms with Gasteiger partial charge in [0.25, 0.3) is 5.22 Å². The highest BCUT2D eigenvalue weighted by Gasteiger charge is 2.08. The Bertz CT molecular complexity index is 597. The Kier molecular flexibility index (Phi) is 4.06. The Balaban J connectivity index is 1.88. The zero-order valence-corrected chi connectivity index (χ0v) is 11.5. The first-order valence-corrected chi connectivity index (χ1v) is 6.62. The van der Waals surface area contributed by atoms with E-state index in [2.05, 4.69) is 15.5 Å². The van der Waals surface area contributed by atoms with Crippen LogP contribution >= 0.6 is 11.8 Å². The number of aromatic nitrogens is 2. The highest BCUT2D eigenvalue weighted by molar-refractivity contribution is 7.99. The maximum absolute atomic E-state index is 11.7. The molecule has 0 radical (unpaired) electrons. The standard InChI is InChI=1S/C12H14N4O2S/c1-7-3-4-9(5-10(7)13)14-11(17)6-19-12-16-15-8(2)18-12/h3-5H,6,13H2,1-2H3,(H,14,17). The molecule has 1 aromatic heterocycles. The maximum Gasteiger partial charge on any atom is 0.277 e. The van der Waals surface area contributed by atoms with Crippen LogP contribution in [0.5, 0.6) is 0 Å². The summed E-state index contributed by atoms with van der Waals surface area (Å²) < 4.78 is 5.16. The normalized spacial score (nSPS) is 10.4. The lowest BCUT2D eigenvalue weighted by atomic mass is 10.2. The number of anilines is 2. The summed E-state index contributed by atoms with van der Waals surface area (Å²) in [6.07, 6.45) is 0. The number of nitrogens with zero attached hydrogens (tertiary/aromatic N) is 2. The van der Waals surface area contributed by atoms with E-state index >= 15 is 0 Å². The monoisotopic (exact) mass is 278 g/mol. The third kappa shape index (κ3) is 3.72. The first-order chi connectivity index (χ1) is 9.04. The molecule has 0 fully saturated rings. The van der Waals surface area contributed by atoms with Crippen molar-refractivity contribution in [2.45, 2.75) is 19.1 Å². The molecule has 1 aromatic carbocycles. The van der Waals surface area contributed by atoms with E-state index in [0.29, 0.717) is 22.5 Å². The summed E-state index contributed by atoms with van der Waals surface area (Å²) in [5.74, 6) is 0.536. The minimum atomic E-state index is -0.149. The van der Waals surface area contributed by atoms with Crippen molar-refractivity contribution in [2.24, 2.45) is 0 Å². The summed E-state index contributed by atoms with van der Waals surface area (Å²) in [6.45, 7) is 3.61. The molecule has 100 valence electrons. The number of hydrogen-bond acceptors (Lipinski definition) is 6. The number of nitrogen functional groups attached to an aromatic ring is 1. The minimum Gasteiger partial charge on any atom is -0.416 e. The fraction of sp³-hybridized carbons (Fsp3) is 0.250. The lowest BCUT2D eigenvalue weighted by molar-refractivity contribution is -0.113. The SMILES string of the molecule is Cc1nnc(SCC(=O)Nc2ccc(C)c(N)c2)o1. The average molecular weight is 278 g/mol. The Labute approximate surface area is 114 Å². The quantitative estimate of drug-likeness (QED) is 0.656. The number of nitrogens with one attached hydrogen (secondary N) is 1. The van der Waals surface area contributed by atoms with Crippen LogP contribution < -0.4 is 11.1 Å². The van der Waals surface area contributed by atoms with Crippen LogP contribution in [0.2, 0.25) is 0 Å². The van der Waals surface area contributed by atoms with E-state index in [1.807, 2.05) is 19.1 Å². The number of carbonyl (C=O) groups excluding carboxylic acids is 1. The maximum atomic E-state index is 11.7. The molecule has 0 saturated carbocycles. The molecule has 3 N–H and O–H groups in total. The van der Waals surface area contributed by atoms with E-state index in [0.717, 1.165) is 5.56 Å². The fourth-order valence-electron chi connectivity index (χ4n) is 1.38. The van der Waals surface area contributed by atoms with E-state index in [4.69, 9.17) is 10.2 Å². The van der Waals surface area contributed by atoms with Gasteiger partial charge in [0.2, 0.25) is 11.8 Å². The van der Waals surface area contributed by atoms with Gasteiger partial charge in [0.05, 0.1) is 5.75 Å². The van der Waals surface area contributed by atoms with Crippen LogP contribution in [0.15, 0.2) is 27.8 Å². The molecule has 7 heteroatoms. The van der Waals surface area contributed by atoms with Gasteiger partial charge in [-0.1, -0.05) is 17.8 Å². The van der Waals surface area contributed by atoms with Crippen molar-refractivity contribution >= 4 is 29.0 Å². The molecule has 0 bridgehead atoms. The van der Waals surface area contributed by atoms with Gasteiger partial charge in [-0.2, -0.15) is 0 Å². The van der Waals surface area contributed by atoms with Crippen LogP contribution in [-0.2, 0) is 4.79 Å². The molecule has 0 aliphatic rings. The molecular weight excluding hydrogens is 264 g/mol. The number of aryl methyl sites for hydroxylation is 2. The van der Waals surface area contributed by atoms with Gasteiger partial charge in [-0.3, -0.25) is 4.79 Å². The number of carbonyl (C=O) groups is 1. The predicted molar refractivity (Wildman–Crippen MR) is 74.0 cm³/mol. The van der Waals surface area contributed by atoms with E-state index in [1.54, 1.807) is 13.0 Å². The van der Waals surface area contributed by atoms with Crippen molar-refractivity contribution in [3.05, 3.63) is 29.7 Å². The summed E-state index contributed by atoms with van der Waals surface area (Å²) in [6, 6.07) is 5.40. The molecule has 1 amide bonds.